The highest BCUT2D eigenvalue weighted by Crippen LogP contribution is 2.20. The lowest BCUT2D eigenvalue weighted by Crippen LogP contribution is -2.45. The summed E-state index contributed by atoms with van der Waals surface area (Å²) in [5.74, 6) is -0.00451. The summed E-state index contributed by atoms with van der Waals surface area (Å²) < 4.78 is 5.48. The molecule has 0 bridgehead atoms. The standard InChI is InChI=1S/C76H149NO5/c1-3-5-7-9-11-13-15-16-17-39-42-45-49-52-56-60-64-68-74(79)73(72-78)77-75(80)69-65-61-57-53-50-46-43-40-37-35-33-31-29-27-25-23-21-19-18-20-22-24-26-28-30-32-34-36-38-41-44-47-51-55-59-63-67-71-82-76(81)70-66-62-58-54-48-14-12-10-8-6-4-2/h18,20,73-74,78-79H,3-17,19,21-72H2,1-2H3,(H,77,80)/b20-18-. The summed E-state index contributed by atoms with van der Waals surface area (Å²) in [5, 5.41) is 23.4. The van der Waals surface area contributed by atoms with Crippen molar-refractivity contribution in [2.24, 2.45) is 0 Å². The van der Waals surface area contributed by atoms with Gasteiger partial charge in [-0.25, -0.2) is 0 Å². The molecule has 0 radical (unpaired) electrons. The average Bonchev–Trinajstić information content (AvgIpc) is 3.48. The second-order valence-electron chi connectivity index (χ2n) is 26.3. The van der Waals surface area contributed by atoms with Gasteiger partial charge in [-0.3, -0.25) is 9.59 Å². The van der Waals surface area contributed by atoms with E-state index in [2.05, 4.69) is 31.3 Å². The number of ether oxygens (including phenoxy) is 1. The summed E-state index contributed by atoms with van der Waals surface area (Å²) in [5.41, 5.74) is 0. The normalized spacial score (nSPS) is 12.5. The van der Waals surface area contributed by atoms with Crippen molar-refractivity contribution in [1.29, 1.82) is 0 Å². The van der Waals surface area contributed by atoms with Crippen LogP contribution in [0.4, 0.5) is 0 Å². The third kappa shape index (κ3) is 67.7. The molecule has 0 aromatic carbocycles. The average molecular weight is 1160 g/mol. The molecule has 6 nitrogen and oxygen atoms in total. The molecule has 0 saturated heterocycles. The number of carbonyl (C=O) groups excluding carboxylic acids is 2. The van der Waals surface area contributed by atoms with Gasteiger partial charge in [0.1, 0.15) is 0 Å². The van der Waals surface area contributed by atoms with Gasteiger partial charge in [-0.2, -0.15) is 0 Å². The second-order valence-corrected chi connectivity index (χ2v) is 26.3. The molecule has 0 aliphatic heterocycles. The minimum atomic E-state index is -0.661. The fourth-order valence-electron chi connectivity index (χ4n) is 12.3. The quantitative estimate of drug-likeness (QED) is 0.0320. The number of nitrogens with one attached hydrogen (secondary N) is 1. The number of amides is 1. The summed E-state index contributed by atoms with van der Waals surface area (Å²) in [6, 6.07) is -0.538. The Kier molecular flexibility index (Phi) is 70.8. The third-order valence-corrected chi connectivity index (χ3v) is 18.1. The van der Waals surface area contributed by atoms with Gasteiger partial charge in [0, 0.05) is 12.8 Å². The van der Waals surface area contributed by atoms with Crippen LogP contribution in [0.1, 0.15) is 438 Å². The topological polar surface area (TPSA) is 95.9 Å². The van der Waals surface area contributed by atoms with Gasteiger partial charge in [-0.1, -0.05) is 386 Å². The van der Waals surface area contributed by atoms with E-state index in [4.69, 9.17) is 4.74 Å². The van der Waals surface area contributed by atoms with E-state index in [1.807, 2.05) is 0 Å². The fourth-order valence-corrected chi connectivity index (χ4v) is 12.3. The predicted octanol–water partition coefficient (Wildman–Crippen LogP) is 24.7. The van der Waals surface area contributed by atoms with Crippen molar-refractivity contribution < 1.29 is 24.5 Å². The summed E-state index contributed by atoms with van der Waals surface area (Å²) in [6.07, 6.45) is 90.1. The summed E-state index contributed by atoms with van der Waals surface area (Å²) in [6.45, 7) is 5.00. The molecule has 2 unspecified atom stereocenters. The Bertz CT molecular complexity index is 1240. The maximum Gasteiger partial charge on any atom is 0.305 e. The summed E-state index contributed by atoms with van der Waals surface area (Å²) in [7, 11) is 0. The molecule has 0 rings (SSSR count). The minimum absolute atomic E-state index is 0.0220. The van der Waals surface area contributed by atoms with Gasteiger partial charge in [-0.05, 0) is 51.4 Å². The molecule has 0 aliphatic rings. The number of rotatable bonds is 72. The highest BCUT2D eigenvalue weighted by molar-refractivity contribution is 5.76. The van der Waals surface area contributed by atoms with Crippen molar-refractivity contribution >= 4 is 11.9 Å². The van der Waals surface area contributed by atoms with E-state index in [0.717, 1.165) is 38.5 Å². The van der Waals surface area contributed by atoms with E-state index in [-0.39, 0.29) is 18.5 Å². The highest BCUT2D eigenvalue weighted by Gasteiger charge is 2.20. The first-order valence-corrected chi connectivity index (χ1v) is 37.9. The van der Waals surface area contributed by atoms with Gasteiger partial charge in [0.15, 0.2) is 0 Å². The first kappa shape index (κ1) is 80.6. The van der Waals surface area contributed by atoms with Crippen molar-refractivity contribution in [2.75, 3.05) is 13.2 Å². The number of unbranched alkanes of at least 4 members (excludes halogenated alkanes) is 59. The Balaban J connectivity index is 3.32. The zero-order valence-corrected chi connectivity index (χ0v) is 56.0. The van der Waals surface area contributed by atoms with E-state index < -0.39 is 12.1 Å². The number of carbonyl (C=O) groups is 2. The van der Waals surface area contributed by atoms with Crippen LogP contribution in [0.3, 0.4) is 0 Å². The molecular formula is C76H149NO5. The van der Waals surface area contributed by atoms with E-state index in [1.165, 1.54) is 366 Å². The van der Waals surface area contributed by atoms with Gasteiger partial charge >= 0.3 is 5.97 Å². The Hall–Kier alpha value is -1.40. The van der Waals surface area contributed by atoms with Crippen LogP contribution in [0.5, 0.6) is 0 Å². The molecule has 0 heterocycles. The molecule has 0 aromatic rings. The summed E-state index contributed by atoms with van der Waals surface area (Å²) in [4.78, 5) is 24.5. The van der Waals surface area contributed by atoms with Crippen molar-refractivity contribution in [3.63, 3.8) is 0 Å². The molecule has 488 valence electrons. The van der Waals surface area contributed by atoms with Crippen LogP contribution in [0.25, 0.3) is 0 Å². The Labute approximate surface area is 514 Å². The van der Waals surface area contributed by atoms with Crippen LogP contribution in [0.15, 0.2) is 12.2 Å². The number of hydrogen-bond acceptors (Lipinski definition) is 5. The lowest BCUT2D eigenvalue weighted by molar-refractivity contribution is -0.143. The van der Waals surface area contributed by atoms with Gasteiger partial charge < -0.3 is 20.3 Å². The Morgan fingerprint density at radius 3 is 0.866 bits per heavy atom. The largest absolute Gasteiger partial charge is 0.466 e. The van der Waals surface area contributed by atoms with Crippen LogP contribution < -0.4 is 5.32 Å². The van der Waals surface area contributed by atoms with Crippen LogP contribution in [-0.4, -0.2) is 47.4 Å². The van der Waals surface area contributed by atoms with Crippen molar-refractivity contribution in [1.82, 2.24) is 5.32 Å². The molecular weight excluding hydrogens is 1010 g/mol. The molecule has 2 atom stereocenters. The number of aliphatic hydroxyl groups excluding tert-OH is 2. The van der Waals surface area contributed by atoms with Crippen LogP contribution in [-0.2, 0) is 14.3 Å². The molecule has 82 heavy (non-hydrogen) atoms. The zero-order valence-electron chi connectivity index (χ0n) is 56.0. The fraction of sp³-hybridized carbons (Fsp3) is 0.947. The molecule has 0 saturated carbocycles. The number of esters is 1. The highest BCUT2D eigenvalue weighted by atomic mass is 16.5. The lowest BCUT2D eigenvalue weighted by Gasteiger charge is -2.22. The molecule has 0 spiro atoms. The second kappa shape index (κ2) is 72.1. The predicted molar refractivity (Wildman–Crippen MR) is 361 cm³/mol. The number of aliphatic hydroxyl groups is 2. The molecule has 6 heteroatoms. The van der Waals surface area contributed by atoms with Crippen LogP contribution >= 0.6 is 0 Å². The minimum Gasteiger partial charge on any atom is -0.466 e. The SMILES string of the molecule is CCCCCCCCCCCCCCCCCCCC(O)C(CO)NC(=O)CCCCCCCCCCCCCCCCCCC/C=C\CCCCCCCCCCCCCCCCCCOC(=O)CCCCCCCCCCCCC. The van der Waals surface area contributed by atoms with Gasteiger partial charge in [-0.15, -0.1) is 0 Å². The first-order chi connectivity index (χ1) is 40.5. The lowest BCUT2D eigenvalue weighted by atomic mass is 10.0. The molecule has 0 aromatic heterocycles. The number of hydrogen-bond donors (Lipinski definition) is 3. The van der Waals surface area contributed by atoms with Gasteiger partial charge in [0.05, 0.1) is 25.4 Å². The Morgan fingerprint density at radius 1 is 0.329 bits per heavy atom. The molecule has 3 N–H and O–H groups in total. The first-order valence-electron chi connectivity index (χ1n) is 37.9. The maximum atomic E-state index is 12.5. The van der Waals surface area contributed by atoms with Crippen molar-refractivity contribution in [3.8, 4) is 0 Å². The van der Waals surface area contributed by atoms with E-state index >= 15 is 0 Å². The molecule has 0 aliphatic carbocycles. The Morgan fingerprint density at radius 2 is 0.573 bits per heavy atom. The van der Waals surface area contributed by atoms with Crippen LogP contribution in [0.2, 0.25) is 0 Å². The number of allylic oxidation sites excluding steroid dienone is 2. The maximum absolute atomic E-state index is 12.5. The van der Waals surface area contributed by atoms with E-state index in [1.54, 1.807) is 0 Å². The zero-order chi connectivity index (χ0) is 59.2. The molecule has 1 amide bonds. The van der Waals surface area contributed by atoms with E-state index in [9.17, 15) is 19.8 Å². The van der Waals surface area contributed by atoms with Crippen molar-refractivity contribution in [2.45, 2.75) is 450 Å². The van der Waals surface area contributed by atoms with Crippen molar-refractivity contribution in [3.05, 3.63) is 12.2 Å². The van der Waals surface area contributed by atoms with Gasteiger partial charge in [0.2, 0.25) is 5.91 Å². The molecule has 0 fully saturated rings. The van der Waals surface area contributed by atoms with Crippen LogP contribution in [0, 0.1) is 0 Å². The van der Waals surface area contributed by atoms with Gasteiger partial charge in [0.25, 0.3) is 0 Å². The van der Waals surface area contributed by atoms with E-state index in [0.29, 0.717) is 25.9 Å². The smallest absolute Gasteiger partial charge is 0.305 e. The third-order valence-electron chi connectivity index (χ3n) is 18.1. The monoisotopic (exact) mass is 1160 g/mol. The summed E-state index contributed by atoms with van der Waals surface area (Å²) >= 11 is 0.